The molecule has 1 rings (SSSR count). The average molecular weight is 216 g/mol. The van der Waals surface area contributed by atoms with Crippen LogP contribution in [0.15, 0.2) is 24.5 Å². The topological polar surface area (TPSA) is 44.0 Å². The van der Waals surface area contributed by atoms with Crippen molar-refractivity contribution in [1.29, 1.82) is 0 Å². The first-order chi connectivity index (χ1) is 5.24. The van der Waals surface area contributed by atoms with E-state index < -0.39 is 0 Å². The zero-order valence-electron chi connectivity index (χ0n) is 5.66. The summed E-state index contributed by atoms with van der Waals surface area (Å²) < 4.78 is 0.607. The van der Waals surface area contributed by atoms with Crippen LogP contribution in [0, 0.1) is 5.21 Å². The molecule has 3 nitrogen and oxygen atoms in total. The van der Waals surface area contributed by atoms with Gasteiger partial charge in [-0.05, 0) is 6.07 Å². The third-order valence-corrected chi connectivity index (χ3v) is 1.73. The van der Waals surface area contributed by atoms with Gasteiger partial charge in [0.15, 0.2) is 18.2 Å². The van der Waals surface area contributed by atoms with E-state index in [-0.39, 0.29) is 11.1 Å². The Bertz CT molecular complexity index is 275. The lowest BCUT2D eigenvalue weighted by atomic mass is 10.2. The second kappa shape index (κ2) is 3.48. The van der Waals surface area contributed by atoms with Crippen LogP contribution in [0.1, 0.15) is 10.4 Å². The number of aromatic nitrogens is 1. The zero-order chi connectivity index (χ0) is 8.27. The molecule has 0 saturated heterocycles. The van der Waals surface area contributed by atoms with E-state index in [9.17, 15) is 10.0 Å². The summed E-state index contributed by atoms with van der Waals surface area (Å²) in [5.74, 6) is -0.0878. The monoisotopic (exact) mass is 215 g/mol. The molecule has 0 bridgehead atoms. The van der Waals surface area contributed by atoms with Crippen LogP contribution < -0.4 is 4.73 Å². The Hall–Kier alpha value is -0.900. The number of Topliss-reactive ketones (excluding diaryl/α,β-unsaturated/α-hetero) is 1. The van der Waals surface area contributed by atoms with Crippen LogP contribution in [0.3, 0.4) is 0 Å². The predicted octanol–water partition coefficient (Wildman–Crippen LogP) is 0.898. The molecular weight excluding hydrogens is 210 g/mol. The number of rotatable bonds is 2. The molecule has 0 spiro atoms. The van der Waals surface area contributed by atoms with Crippen molar-refractivity contribution in [2.45, 2.75) is 0 Å². The van der Waals surface area contributed by atoms with Gasteiger partial charge in [0.1, 0.15) is 0 Å². The summed E-state index contributed by atoms with van der Waals surface area (Å²) in [6.07, 6.45) is 2.59. The molecule has 1 heterocycles. The standard InChI is InChI=1S/C7H6BrNO2/c8-4-7(10)6-2-1-3-9(11)5-6/h1-3,5H,4H2. The van der Waals surface area contributed by atoms with Gasteiger partial charge in [0.05, 0.1) is 10.9 Å². The molecule has 0 aliphatic rings. The highest BCUT2D eigenvalue weighted by molar-refractivity contribution is 9.09. The first kappa shape index (κ1) is 8.20. The van der Waals surface area contributed by atoms with Crippen LogP contribution in [0.5, 0.6) is 0 Å². The molecular formula is C7H6BrNO2. The summed E-state index contributed by atoms with van der Waals surface area (Å²) >= 11 is 3.02. The van der Waals surface area contributed by atoms with E-state index in [4.69, 9.17) is 0 Å². The molecule has 0 unspecified atom stereocenters. The van der Waals surface area contributed by atoms with E-state index >= 15 is 0 Å². The van der Waals surface area contributed by atoms with Gasteiger partial charge in [0, 0.05) is 6.07 Å². The quantitative estimate of drug-likeness (QED) is 0.319. The minimum absolute atomic E-state index is 0.0878. The number of halogens is 1. The van der Waals surface area contributed by atoms with Gasteiger partial charge in [0.2, 0.25) is 0 Å². The molecule has 0 aliphatic carbocycles. The normalized spacial score (nSPS) is 9.55. The molecule has 0 aliphatic heterocycles. The zero-order valence-corrected chi connectivity index (χ0v) is 7.24. The second-order valence-corrected chi connectivity index (χ2v) is 2.57. The number of nitrogens with zero attached hydrogens (tertiary/aromatic N) is 1. The number of alkyl halides is 1. The lowest BCUT2D eigenvalue weighted by molar-refractivity contribution is -0.605. The summed E-state index contributed by atoms with van der Waals surface area (Å²) in [4.78, 5) is 11.0. The van der Waals surface area contributed by atoms with Crippen molar-refractivity contribution >= 4 is 21.7 Å². The number of hydrogen-bond acceptors (Lipinski definition) is 2. The summed E-state index contributed by atoms with van der Waals surface area (Å²) in [6.45, 7) is 0. The van der Waals surface area contributed by atoms with Crippen molar-refractivity contribution in [1.82, 2.24) is 0 Å². The van der Waals surface area contributed by atoms with Crippen LogP contribution in [-0.2, 0) is 0 Å². The summed E-state index contributed by atoms with van der Waals surface area (Å²) in [5, 5.41) is 10.9. The Balaban J connectivity index is 2.96. The molecule has 58 valence electrons. The van der Waals surface area contributed by atoms with Crippen molar-refractivity contribution in [3.05, 3.63) is 35.3 Å². The first-order valence-electron chi connectivity index (χ1n) is 3.02. The Kier molecular flexibility index (Phi) is 2.59. The van der Waals surface area contributed by atoms with Crippen LogP contribution in [-0.4, -0.2) is 11.1 Å². The van der Waals surface area contributed by atoms with Gasteiger partial charge in [-0.15, -0.1) is 0 Å². The molecule has 0 radical (unpaired) electrons. The highest BCUT2D eigenvalue weighted by atomic mass is 79.9. The van der Waals surface area contributed by atoms with Crippen LogP contribution in [0.2, 0.25) is 0 Å². The Morgan fingerprint density at radius 3 is 3.00 bits per heavy atom. The van der Waals surface area contributed by atoms with E-state index in [1.54, 1.807) is 12.1 Å². The number of carbonyl (C=O) groups is 1. The summed E-state index contributed by atoms with van der Waals surface area (Å²) in [6, 6.07) is 3.15. The van der Waals surface area contributed by atoms with E-state index in [0.717, 1.165) is 0 Å². The Morgan fingerprint density at radius 2 is 2.45 bits per heavy atom. The van der Waals surface area contributed by atoms with E-state index in [1.807, 2.05) is 0 Å². The lowest BCUT2D eigenvalue weighted by Crippen LogP contribution is -2.25. The molecule has 0 fully saturated rings. The highest BCUT2D eigenvalue weighted by Gasteiger charge is 2.05. The Morgan fingerprint density at radius 1 is 1.73 bits per heavy atom. The molecule has 0 amide bonds. The fraction of sp³-hybridized carbons (Fsp3) is 0.143. The van der Waals surface area contributed by atoms with Crippen molar-refractivity contribution in [2.24, 2.45) is 0 Å². The second-order valence-electron chi connectivity index (χ2n) is 2.01. The molecule has 0 aromatic carbocycles. The summed E-state index contributed by atoms with van der Waals surface area (Å²) in [5.41, 5.74) is 0.430. The fourth-order valence-electron chi connectivity index (χ4n) is 0.697. The maximum atomic E-state index is 11.0. The van der Waals surface area contributed by atoms with Crippen molar-refractivity contribution < 1.29 is 9.52 Å². The largest absolute Gasteiger partial charge is 0.619 e. The summed E-state index contributed by atoms with van der Waals surface area (Å²) in [7, 11) is 0. The van der Waals surface area contributed by atoms with Crippen LogP contribution in [0.4, 0.5) is 0 Å². The van der Waals surface area contributed by atoms with Gasteiger partial charge in [-0.1, -0.05) is 15.9 Å². The predicted molar refractivity (Wildman–Crippen MR) is 43.5 cm³/mol. The maximum absolute atomic E-state index is 11.0. The maximum Gasteiger partial charge on any atom is 0.191 e. The lowest BCUT2D eigenvalue weighted by Gasteiger charge is -1.96. The van der Waals surface area contributed by atoms with Crippen molar-refractivity contribution in [3.63, 3.8) is 0 Å². The number of ketones is 1. The van der Waals surface area contributed by atoms with E-state index in [0.29, 0.717) is 10.3 Å². The third kappa shape index (κ3) is 2.01. The van der Waals surface area contributed by atoms with Gasteiger partial charge < -0.3 is 5.21 Å². The Labute approximate surface area is 72.4 Å². The number of hydrogen-bond donors (Lipinski definition) is 0. The molecule has 0 N–H and O–H groups in total. The number of carbonyl (C=O) groups excluding carboxylic acids is 1. The number of pyridine rings is 1. The third-order valence-electron chi connectivity index (χ3n) is 1.22. The molecule has 1 aromatic heterocycles. The van der Waals surface area contributed by atoms with Gasteiger partial charge in [-0.3, -0.25) is 4.79 Å². The fourth-order valence-corrected chi connectivity index (χ4v) is 1.02. The minimum atomic E-state index is -0.0878. The van der Waals surface area contributed by atoms with Crippen molar-refractivity contribution in [3.8, 4) is 0 Å². The van der Waals surface area contributed by atoms with E-state index in [1.165, 1.54) is 12.4 Å². The molecule has 11 heavy (non-hydrogen) atoms. The van der Waals surface area contributed by atoms with Crippen LogP contribution >= 0.6 is 15.9 Å². The minimum Gasteiger partial charge on any atom is -0.619 e. The van der Waals surface area contributed by atoms with E-state index in [2.05, 4.69) is 15.9 Å². The van der Waals surface area contributed by atoms with Gasteiger partial charge >= 0.3 is 0 Å². The van der Waals surface area contributed by atoms with Gasteiger partial charge in [0.25, 0.3) is 0 Å². The molecule has 1 aromatic rings. The SMILES string of the molecule is O=C(CBr)c1ccc[n+]([O-])c1. The van der Waals surface area contributed by atoms with Crippen molar-refractivity contribution in [2.75, 3.05) is 5.33 Å². The van der Waals surface area contributed by atoms with Gasteiger partial charge in [-0.2, -0.15) is 4.73 Å². The average Bonchev–Trinajstić information content (AvgIpc) is 2.03. The molecule has 0 saturated carbocycles. The molecule has 0 atom stereocenters. The molecule has 4 heteroatoms. The smallest absolute Gasteiger partial charge is 0.191 e. The first-order valence-corrected chi connectivity index (χ1v) is 4.14. The highest BCUT2D eigenvalue weighted by Crippen LogP contribution is 1.98. The van der Waals surface area contributed by atoms with Gasteiger partial charge in [-0.25, -0.2) is 0 Å². The van der Waals surface area contributed by atoms with Crippen LogP contribution in [0.25, 0.3) is 0 Å².